The van der Waals surface area contributed by atoms with Gasteiger partial charge < -0.3 is 0 Å². The van der Waals surface area contributed by atoms with Gasteiger partial charge in [-0.3, -0.25) is 4.98 Å². The molecule has 15 heavy (non-hydrogen) atoms. The van der Waals surface area contributed by atoms with E-state index in [1.54, 1.807) is 24.4 Å². The monoisotopic (exact) mass is 211 g/mol. The molecule has 0 aliphatic carbocycles. The molecule has 78 valence electrons. The number of hydrogen-bond acceptors (Lipinski definition) is 1. The van der Waals surface area contributed by atoms with Crippen LogP contribution < -0.4 is 0 Å². The third kappa shape index (κ3) is 2.46. The number of aromatic nitrogens is 1. The minimum atomic E-state index is -4.16. The van der Waals surface area contributed by atoms with Crippen molar-refractivity contribution in [1.29, 1.82) is 0 Å². The quantitative estimate of drug-likeness (QED) is 0.704. The second-order valence-corrected chi connectivity index (χ2v) is 3.32. The molecular weight excluding hydrogens is 203 g/mol. The van der Waals surface area contributed by atoms with Gasteiger partial charge in [0.1, 0.15) is 0 Å². The van der Waals surface area contributed by atoms with Gasteiger partial charge in [0.15, 0.2) is 0 Å². The van der Waals surface area contributed by atoms with Gasteiger partial charge in [-0.15, -0.1) is 0 Å². The first-order valence-electron chi connectivity index (χ1n) is 4.45. The summed E-state index contributed by atoms with van der Waals surface area (Å²) in [5.41, 5.74) is 0.978. The lowest BCUT2D eigenvalue weighted by atomic mass is 10.1. The fourth-order valence-electron chi connectivity index (χ4n) is 1.47. The maximum Gasteiger partial charge on any atom is 0.393 e. The van der Waals surface area contributed by atoms with Crippen LogP contribution in [0.3, 0.4) is 0 Å². The fraction of sp³-hybridized carbons (Fsp3) is 0.182. The molecular formula is C11H8F3N. The molecule has 0 spiro atoms. The van der Waals surface area contributed by atoms with Crippen LogP contribution in [0.5, 0.6) is 0 Å². The molecule has 0 aliphatic rings. The third-order valence-electron chi connectivity index (χ3n) is 2.07. The maximum atomic E-state index is 12.1. The van der Waals surface area contributed by atoms with Crippen molar-refractivity contribution in [3.8, 4) is 0 Å². The Morgan fingerprint density at radius 3 is 2.67 bits per heavy atom. The average Bonchev–Trinajstić information content (AvgIpc) is 2.15. The van der Waals surface area contributed by atoms with Crippen molar-refractivity contribution >= 4 is 10.9 Å². The van der Waals surface area contributed by atoms with Gasteiger partial charge in [0, 0.05) is 11.6 Å². The maximum absolute atomic E-state index is 12.1. The van der Waals surface area contributed by atoms with Crippen LogP contribution in [-0.2, 0) is 6.42 Å². The molecule has 0 fully saturated rings. The molecule has 0 atom stereocenters. The zero-order valence-electron chi connectivity index (χ0n) is 7.75. The Bertz CT molecular complexity index is 476. The zero-order chi connectivity index (χ0) is 10.9. The molecule has 0 amide bonds. The van der Waals surface area contributed by atoms with E-state index in [1.165, 1.54) is 12.1 Å². The predicted octanol–water partition coefficient (Wildman–Crippen LogP) is 3.34. The van der Waals surface area contributed by atoms with E-state index in [2.05, 4.69) is 4.98 Å². The number of benzene rings is 1. The van der Waals surface area contributed by atoms with Crippen molar-refractivity contribution < 1.29 is 13.2 Å². The van der Waals surface area contributed by atoms with E-state index >= 15 is 0 Å². The van der Waals surface area contributed by atoms with Crippen LogP contribution in [-0.4, -0.2) is 11.2 Å². The number of rotatable bonds is 1. The minimum Gasteiger partial charge on any atom is -0.256 e. The molecule has 0 N–H and O–H groups in total. The highest BCUT2D eigenvalue weighted by atomic mass is 19.4. The van der Waals surface area contributed by atoms with E-state index in [1.807, 2.05) is 0 Å². The molecule has 0 radical (unpaired) electrons. The number of alkyl halides is 3. The van der Waals surface area contributed by atoms with Crippen LogP contribution in [0.1, 0.15) is 5.56 Å². The molecule has 1 aromatic carbocycles. The van der Waals surface area contributed by atoms with Gasteiger partial charge >= 0.3 is 6.18 Å². The molecule has 0 bridgehead atoms. The van der Waals surface area contributed by atoms with Gasteiger partial charge in [-0.25, -0.2) is 0 Å². The summed E-state index contributed by atoms with van der Waals surface area (Å²) in [7, 11) is 0. The number of nitrogens with zero attached hydrogens (tertiary/aromatic N) is 1. The van der Waals surface area contributed by atoms with Gasteiger partial charge in [0.05, 0.1) is 11.9 Å². The molecule has 0 saturated carbocycles. The van der Waals surface area contributed by atoms with Crippen molar-refractivity contribution in [3.05, 3.63) is 42.1 Å². The number of fused-ring (bicyclic) bond motifs is 1. The number of pyridine rings is 1. The summed E-state index contributed by atoms with van der Waals surface area (Å²) in [5.74, 6) is 0. The average molecular weight is 211 g/mol. The van der Waals surface area contributed by atoms with Crippen molar-refractivity contribution in [2.45, 2.75) is 12.6 Å². The van der Waals surface area contributed by atoms with Crippen molar-refractivity contribution in [2.24, 2.45) is 0 Å². The second kappa shape index (κ2) is 3.53. The minimum absolute atomic E-state index is 0.267. The molecule has 4 heteroatoms. The number of halogens is 3. The molecule has 0 unspecified atom stereocenters. The Hall–Kier alpha value is -1.58. The van der Waals surface area contributed by atoms with Gasteiger partial charge in [0.2, 0.25) is 0 Å². The zero-order valence-corrected chi connectivity index (χ0v) is 7.75. The molecule has 0 aliphatic heterocycles. The SMILES string of the molecule is FC(F)(F)Cc1ccc2ncccc2c1. The highest BCUT2D eigenvalue weighted by molar-refractivity contribution is 5.78. The first-order chi connectivity index (χ1) is 7.04. The van der Waals surface area contributed by atoms with Gasteiger partial charge in [-0.05, 0) is 23.8 Å². The second-order valence-electron chi connectivity index (χ2n) is 3.32. The molecule has 0 saturated heterocycles. The molecule has 1 heterocycles. The predicted molar refractivity (Wildman–Crippen MR) is 51.5 cm³/mol. The third-order valence-corrected chi connectivity index (χ3v) is 2.07. The van der Waals surface area contributed by atoms with Gasteiger partial charge in [0.25, 0.3) is 0 Å². The summed E-state index contributed by atoms with van der Waals surface area (Å²) >= 11 is 0. The fourth-order valence-corrected chi connectivity index (χ4v) is 1.47. The Kier molecular flexibility index (Phi) is 2.34. The lowest BCUT2D eigenvalue weighted by molar-refractivity contribution is -0.127. The normalized spacial score (nSPS) is 11.9. The lowest BCUT2D eigenvalue weighted by Gasteiger charge is -2.06. The summed E-state index contributed by atoms with van der Waals surface area (Å²) in [5, 5.41) is 0.735. The highest BCUT2D eigenvalue weighted by Crippen LogP contribution is 2.23. The summed E-state index contributed by atoms with van der Waals surface area (Å²) in [6, 6.07) is 8.05. The van der Waals surface area contributed by atoms with Crippen molar-refractivity contribution in [1.82, 2.24) is 4.98 Å². The standard InChI is InChI=1S/C11H8F3N/c12-11(13,14)7-8-3-4-10-9(6-8)2-1-5-15-10/h1-6H,7H2. The molecule has 1 aromatic heterocycles. The number of hydrogen-bond donors (Lipinski definition) is 0. The van der Waals surface area contributed by atoms with E-state index in [4.69, 9.17) is 0 Å². The summed E-state index contributed by atoms with van der Waals surface area (Å²) in [6.45, 7) is 0. The van der Waals surface area contributed by atoms with Crippen LogP contribution in [0.25, 0.3) is 10.9 Å². The Balaban J connectivity index is 2.39. The summed E-state index contributed by atoms with van der Waals surface area (Å²) in [4.78, 5) is 4.04. The van der Waals surface area contributed by atoms with E-state index in [0.29, 0.717) is 5.52 Å². The first-order valence-corrected chi connectivity index (χ1v) is 4.45. The van der Waals surface area contributed by atoms with Crippen LogP contribution in [0.4, 0.5) is 13.2 Å². The van der Waals surface area contributed by atoms with E-state index < -0.39 is 12.6 Å². The van der Waals surface area contributed by atoms with E-state index in [9.17, 15) is 13.2 Å². The topological polar surface area (TPSA) is 12.9 Å². The summed E-state index contributed by atoms with van der Waals surface area (Å²) in [6.07, 6.45) is -3.43. The summed E-state index contributed by atoms with van der Waals surface area (Å²) < 4.78 is 36.4. The molecule has 2 rings (SSSR count). The Morgan fingerprint density at radius 1 is 1.13 bits per heavy atom. The molecule has 1 nitrogen and oxygen atoms in total. The highest BCUT2D eigenvalue weighted by Gasteiger charge is 2.27. The van der Waals surface area contributed by atoms with Crippen LogP contribution in [0.2, 0.25) is 0 Å². The van der Waals surface area contributed by atoms with Crippen LogP contribution >= 0.6 is 0 Å². The van der Waals surface area contributed by atoms with Crippen molar-refractivity contribution in [2.75, 3.05) is 0 Å². The van der Waals surface area contributed by atoms with Crippen molar-refractivity contribution in [3.63, 3.8) is 0 Å². The van der Waals surface area contributed by atoms with E-state index in [0.717, 1.165) is 5.39 Å². The lowest BCUT2D eigenvalue weighted by Crippen LogP contribution is -2.11. The van der Waals surface area contributed by atoms with Crippen LogP contribution in [0.15, 0.2) is 36.5 Å². The first kappa shape index (κ1) is 9.96. The Labute approximate surface area is 84.6 Å². The largest absolute Gasteiger partial charge is 0.393 e. The smallest absolute Gasteiger partial charge is 0.256 e. The van der Waals surface area contributed by atoms with Gasteiger partial charge in [-0.2, -0.15) is 13.2 Å². The van der Waals surface area contributed by atoms with Gasteiger partial charge in [-0.1, -0.05) is 12.1 Å². The molecule has 2 aromatic rings. The van der Waals surface area contributed by atoms with E-state index in [-0.39, 0.29) is 5.56 Å². The Morgan fingerprint density at radius 2 is 1.93 bits per heavy atom. The van der Waals surface area contributed by atoms with Crippen LogP contribution in [0, 0.1) is 0 Å².